The molecule has 0 heterocycles. The van der Waals surface area contributed by atoms with Gasteiger partial charge in [0, 0.05) is 6.42 Å². The molecule has 0 amide bonds. The average Bonchev–Trinajstić information content (AvgIpc) is 2.54. The molecule has 0 aliphatic rings. The Kier molecular flexibility index (Phi) is 5.79. The lowest BCUT2D eigenvalue weighted by atomic mass is 10.2. The summed E-state index contributed by atoms with van der Waals surface area (Å²) < 4.78 is 10.6. The Morgan fingerprint density at radius 2 is 2.00 bits per heavy atom. The largest absolute Gasteiger partial charge is 0.493 e. The van der Waals surface area contributed by atoms with Crippen molar-refractivity contribution in [2.75, 3.05) is 6.61 Å². The highest BCUT2D eigenvalue weighted by atomic mass is 16.5. The van der Waals surface area contributed by atoms with Crippen LogP contribution < -0.4 is 10.5 Å². The van der Waals surface area contributed by atoms with Crippen molar-refractivity contribution >= 4 is 5.97 Å². The number of benzene rings is 2. The Balaban J connectivity index is 1.68. The Morgan fingerprint density at radius 3 is 2.71 bits per heavy atom. The molecule has 2 aromatic rings. The lowest BCUT2D eigenvalue weighted by Crippen LogP contribution is -2.33. The molecule has 0 saturated heterocycles. The van der Waals surface area contributed by atoms with Gasteiger partial charge in [-0.05, 0) is 23.8 Å². The van der Waals surface area contributed by atoms with E-state index in [1.165, 1.54) is 0 Å². The molecular formula is C17H18NO3. The predicted octanol–water partition coefficient (Wildman–Crippen LogP) is 2.33. The zero-order valence-electron chi connectivity index (χ0n) is 11.7. The van der Waals surface area contributed by atoms with Gasteiger partial charge in [-0.15, -0.1) is 0 Å². The third kappa shape index (κ3) is 5.28. The molecule has 21 heavy (non-hydrogen) atoms. The second kappa shape index (κ2) is 8.07. The van der Waals surface area contributed by atoms with Crippen molar-refractivity contribution in [3.8, 4) is 5.75 Å². The van der Waals surface area contributed by atoms with E-state index < -0.39 is 12.0 Å². The second-order valence-corrected chi connectivity index (χ2v) is 4.58. The number of esters is 1. The number of carbonyl (C=O) groups excluding carboxylic acids is 1. The molecule has 2 aromatic carbocycles. The average molecular weight is 284 g/mol. The smallest absolute Gasteiger partial charge is 0.323 e. The molecule has 0 fully saturated rings. The summed E-state index contributed by atoms with van der Waals surface area (Å²) in [5, 5.41) is 0. The molecule has 1 unspecified atom stereocenters. The first-order valence-electron chi connectivity index (χ1n) is 6.81. The van der Waals surface area contributed by atoms with Crippen LogP contribution in [-0.4, -0.2) is 18.6 Å². The van der Waals surface area contributed by atoms with Gasteiger partial charge < -0.3 is 15.2 Å². The van der Waals surface area contributed by atoms with Gasteiger partial charge >= 0.3 is 5.97 Å². The van der Waals surface area contributed by atoms with Crippen molar-refractivity contribution < 1.29 is 14.3 Å². The summed E-state index contributed by atoms with van der Waals surface area (Å²) in [6.07, 6.45) is 0.405. The highest BCUT2D eigenvalue weighted by Gasteiger charge is 2.15. The maximum absolute atomic E-state index is 11.7. The molecule has 0 saturated carbocycles. The van der Waals surface area contributed by atoms with Gasteiger partial charge in [-0.25, -0.2) is 0 Å². The summed E-state index contributed by atoms with van der Waals surface area (Å²) in [6, 6.07) is 18.9. The van der Waals surface area contributed by atoms with E-state index in [2.05, 4.69) is 6.07 Å². The number of ether oxygens (including phenoxy) is 2. The molecule has 0 aromatic heterocycles. The van der Waals surface area contributed by atoms with Gasteiger partial charge in [-0.3, -0.25) is 4.79 Å². The quantitative estimate of drug-likeness (QED) is 0.793. The van der Waals surface area contributed by atoms with Gasteiger partial charge in [0.05, 0.1) is 6.61 Å². The first-order valence-corrected chi connectivity index (χ1v) is 6.81. The van der Waals surface area contributed by atoms with Crippen molar-refractivity contribution in [3.05, 3.63) is 66.2 Å². The monoisotopic (exact) mass is 284 g/mol. The summed E-state index contributed by atoms with van der Waals surface area (Å²) >= 11 is 0. The maximum Gasteiger partial charge on any atom is 0.323 e. The summed E-state index contributed by atoms with van der Waals surface area (Å²) in [5.74, 6) is 0.296. The second-order valence-electron chi connectivity index (χ2n) is 4.58. The first-order chi connectivity index (χ1) is 10.3. The van der Waals surface area contributed by atoms with E-state index in [4.69, 9.17) is 15.2 Å². The van der Waals surface area contributed by atoms with Crippen molar-refractivity contribution in [2.45, 2.75) is 19.1 Å². The van der Waals surface area contributed by atoms with Crippen molar-refractivity contribution in [3.63, 3.8) is 0 Å². The van der Waals surface area contributed by atoms with Crippen LogP contribution in [0, 0.1) is 6.07 Å². The predicted molar refractivity (Wildman–Crippen MR) is 79.6 cm³/mol. The molecular weight excluding hydrogens is 266 g/mol. The van der Waals surface area contributed by atoms with Crippen molar-refractivity contribution in [1.29, 1.82) is 0 Å². The van der Waals surface area contributed by atoms with E-state index in [1.807, 2.05) is 42.5 Å². The number of hydrogen-bond donors (Lipinski definition) is 1. The minimum absolute atomic E-state index is 0.238. The van der Waals surface area contributed by atoms with Crippen LogP contribution in [0.1, 0.15) is 12.0 Å². The standard InChI is InChI=1S/C17H18NO3/c18-16(11-12-20-15-9-5-2-6-10-15)17(19)21-13-14-7-3-1-4-8-14/h1-5,7-10,16H,11-13,18H2. The molecule has 1 radical (unpaired) electrons. The molecule has 4 heteroatoms. The maximum atomic E-state index is 11.7. The third-order valence-corrected chi connectivity index (χ3v) is 2.90. The lowest BCUT2D eigenvalue weighted by Gasteiger charge is -2.12. The minimum Gasteiger partial charge on any atom is -0.493 e. The van der Waals surface area contributed by atoms with Crippen LogP contribution in [0.4, 0.5) is 0 Å². The van der Waals surface area contributed by atoms with E-state index >= 15 is 0 Å². The summed E-state index contributed by atoms with van der Waals surface area (Å²) in [6.45, 7) is 0.599. The Morgan fingerprint density at radius 1 is 1.19 bits per heavy atom. The fourth-order valence-corrected chi connectivity index (χ4v) is 1.72. The molecule has 0 aliphatic carbocycles. The Hall–Kier alpha value is -2.33. The zero-order valence-corrected chi connectivity index (χ0v) is 11.7. The highest BCUT2D eigenvalue weighted by Crippen LogP contribution is 2.09. The fraction of sp³-hybridized carbons (Fsp3) is 0.235. The van der Waals surface area contributed by atoms with Crippen LogP contribution in [0.5, 0.6) is 5.75 Å². The van der Waals surface area contributed by atoms with Gasteiger partial charge in [0.2, 0.25) is 0 Å². The number of nitrogens with two attached hydrogens (primary N) is 1. The van der Waals surface area contributed by atoms with Crippen LogP contribution in [0.2, 0.25) is 0 Å². The normalized spacial score (nSPS) is 11.7. The van der Waals surface area contributed by atoms with Gasteiger partial charge in [0.1, 0.15) is 18.4 Å². The summed E-state index contributed by atoms with van der Waals surface area (Å²) in [7, 11) is 0. The van der Waals surface area contributed by atoms with Gasteiger partial charge in [0.25, 0.3) is 0 Å². The molecule has 4 nitrogen and oxygen atoms in total. The highest BCUT2D eigenvalue weighted by molar-refractivity contribution is 5.75. The number of carbonyl (C=O) groups is 1. The SMILES string of the molecule is NC(CCOc1c[c]ccc1)C(=O)OCc1ccccc1. The van der Waals surface area contributed by atoms with Crippen LogP contribution in [0.3, 0.4) is 0 Å². The fourth-order valence-electron chi connectivity index (χ4n) is 1.72. The first kappa shape index (κ1) is 15.1. The lowest BCUT2D eigenvalue weighted by molar-refractivity contribution is -0.146. The van der Waals surface area contributed by atoms with Crippen LogP contribution in [0.15, 0.2) is 54.6 Å². The molecule has 1 atom stereocenters. The van der Waals surface area contributed by atoms with Crippen molar-refractivity contribution in [1.82, 2.24) is 0 Å². The van der Waals surface area contributed by atoms with Crippen molar-refractivity contribution in [2.24, 2.45) is 5.73 Å². The number of rotatable bonds is 7. The van der Waals surface area contributed by atoms with E-state index in [1.54, 1.807) is 12.1 Å². The van der Waals surface area contributed by atoms with E-state index in [-0.39, 0.29) is 6.61 Å². The zero-order chi connectivity index (χ0) is 14.9. The topological polar surface area (TPSA) is 61.5 Å². The molecule has 0 spiro atoms. The Bertz CT molecular complexity index is 542. The molecule has 2 rings (SSSR count). The molecule has 109 valence electrons. The van der Waals surface area contributed by atoms with Crippen LogP contribution in [-0.2, 0) is 16.1 Å². The minimum atomic E-state index is -0.679. The van der Waals surface area contributed by atoms with Gasteiger partial charge in [-0.1, -0.05) is 42.5 Å². The van der Waals surface area contributed by atoms with E-state index in [9.17, 15) is 4.79 Å². The van der Waals surface area contributed by atoms with Gasteiger partial charge in [0.15, 0.2) is 0 Å². The van der Waals surface area contributed by atoms with E-state index in [0.717, 1.165) is 5.56 Å². The third-order valence-electron chi connectivity index (χ3n) is 2.90. The van der Waals surface area contributed by atoms with Crippen LogP contribution >= 0.6 is 0 Å². The summed E-state index contributed by atoms with van der Waals surface area (Å²) in [5.41, 5.74) is 6.72. The van der Waals surface area contributed by atoms with Crippen LogP contribution in [0.25, 0.3) is 0 Å². The van der Waals surface area contributed by atoms with Gasteiger partial charge in [-0.2, -0.15) is 0 Å². The Labute approximate surface area is 124 Å². The number of hydrogen-bond acceptors (Lipinski definition) is 4. The van der Waals surface area contributed by atoms with E-state index in [0.29, 0.717) is 18.8 Å². The molecule has 2 N–H and O–H groups in total. The molecule has 0 aliphatic heterocycles. The molecule has 0 bridgehead atoms. The summed E-state index contributed by atoms with van der Waals surface area (Å²) in [4.78, 5) is 11.7.